The molecule has 1 saturated heterocycles. The molecule has 212 valence electrons. The lowest BCUT2D eigenvalue weighted by Crippen LogP contribution is -2.45. The molecule has 3 aromatic rings. The fourth-order valence-corrected chi connectivity index (χ4v) is 6.20. The van der Waals surface area contributed by atoms with Gasteiger partial charge in [-0.2, -0.15) is 13.2 Å². The lowest BCUT2D eigenvalue weighted by molar-refractivity contribution is -0.139. The van der Waals surface area contributed by atoms with Crippen LogP contribution in [0.25, 0.3) is 10.9 Å². The first-order valence-corrected chi connectivity index (χ1v) is 13.0. The topological polar surface area (TPSA) is 78.7 Å². The molecule has 1 N–H and O–H groups in total. The molecule has 2 aliphatic rings. The van der Waals surface area contributed by atoms with E-state index in [2.05, 4.69) is 4.98 Å². The number of aliphatic carboxylic acids is 1. The summed E-state index contributed by atoms with van der Waals surface area (Å²) in [5.74, 6) is -2.46. The van der Waals surface area contributed by atoms with Gasteiger partial charge in [0.1, 0.15) is 11.6 Å². The van der Waals surface area contributed by atoms with E-state index in [4.69, 9.17) is 5.11 Å². The van der Waals surface area contributed by atoms with Crippen LogP contribution in [0.1, 0.15) is 40.4 Å². The number of aromatic nitrogens is 2. The van der Waals surface area contributed by atoms with Gasteiger partial charge in [-0.3, -0.25) is 14.5 Å². The van der Waals surface area contributed by atoms with Gasteiger partial charge in [-0.1, -0.05) is 0 Å². The summed E-state index contributed by atoms with van der Waals surface area (Å²) < 4.78 is 69.9. The largest absolute Gasteiger partial charge is 0.481 e. The highest BCUT2D eigenvalue weighted by Gasteiger charge is 2.35. The van der Waals surface area contributed by atoms with Crippen molar-refractivity contribution >= 4 is 46.5 Å². The molecule has 0 saturated carbocycles. The number of rotatable bonds is 6. The summed E-state index contributed by atoms with van der Waals surface area (Å²) in [6.07, 6.45) is -1.64. The van der Waals surface area contributed by atoms with E-state index in [9.17, 15) is 31.5 Å². The highest BCUT2D eigenvalue weighted by molar-refractivity contribution is 7.11. The number of thiazole rings is 1. The second kappa shape index (κ2) is 11.4. The summed E-state index contributed by atoms with van der Waals surface area (Å²) in [7, 11) is 0. The lowest BCUT2D eigenvalue weighted by atomic mass is 9.93. The van der Waals surface area contributed by atoms with Gasteiger partial charge in [0.2, 0.25) is 5.91 Å². The number of piperidine rings is 1. The number of benzene rings is 1. The molecule has 1 aromatic carbocycles. The van der Waals surface area contributed by atoms with E-state index in [0.29, 0.717) is 66.9 Å². The number of halogens is 6. The third-order valence-electron chi connectivity index (χ3n) is 7.26. The molecule has 4 heterocycles. The van der Waals surface area contributed by atoms with Gasteiger partial charge in [0, 0.05) is 41.2 Å². The number of nitrogens with zero attached hydrogens (tertiary/aromatic N) is 4. The zero-order valence-electron chi connectivity index (χ0n) is 20.6. The van der Waals surface area contributed by atoms with Crippen molar-refractivity contribution in [1.82, 2.24) is 19.4 Å². The van der Waals surface area contributed by atoms with E-state index in [0.717, 1.165) is 12.3 Å². The fourth-order valence-electron chi connectivity index (χ4n) is 5.43. The number of likely N-dealkylation sites (tertiary alicyclic amines) is 1. The highest BCUT2D eigenvalue weighted by Crippen LogP contribution is 2.36. The Morgan fingerprint density at radius 1 is 1.13 bits per heavy atom. The van der Waals surface area contributed by atoms with E-state index in [1.54, 1.807) is 4.90 Å². The minimum absolute atomic E-state index is 0. The number of hydrogen-bond donors (Lipinski definition) is 1. The molecule has 0 aliphatic carbocycles. The number of carbonyl (C=O) groups excluding carboxylic acids is 1. The number of alkyl halides is 3. The number of carboxylic acids is 1. The minimum atomic E-state index is -4.60. The van der Waals surface area contributed by atoms with Gasteiger partial charge in [-0.15, -0.1) is 23.7 Å². The molecule has 1 amide bonds. The van der Waals surface area contributed by atoms with Crippen LogP contribution >= 0.6 is 23.7 Å². The summed E-state index contributed by atoms with van der Waals surface area (Å²) in [6, 6.07) is 1.97. The van der Waals surface area contributed by atoms with E-state index in [-0.39, 0.29) is 60.7 Å². The Bertz CT molecular complexity index is 1380. The molecular formula is C25H26ClF5N4O3S. The third kappa shape index (κ3) is 6.20. The van der Waals surface area contributed by atoms with Gasteiger partial charge < -0.3 is 14.6 Å². The first-order chi connectivity index (χ1) is 18.0. The van der Waals surface area contributed by atoms with Crippen LogP contribution < -0.4 is 0 Å². The van der Waals surface area contributed by atoms with Crippen LogP contribution in [0.3, 0.4) is 0 Å². The molecule has 0 bridgehead atoms. The SMILES string of the molecule is Cl.O=C(O)CC1CCN(CC(=O)N2CCc3c(n(Cc4cnc(C(F)(F)F)s4)c4c(F)cc(F)cc34)C2)CC1. The maximum Gasteiger partial charge on any atom is 0.443 e. The smallest absolute Gasteiger partial charge is 0.443 e. The summed E-state index contributed by atoms with van der Waals surface area (Å²) in [5.41, 5.74) is 1.33. The predicted molar refractivity (Wildman–Crippen MR) is 136 cm³/mol. The molecule has 2 aliphatic heterocycles. The molecular weight excluding hydrogens is 567 g/mol. The Kier molecular flexibility index (Phi) is 8.52. The molecule has 14 heteroatoms. The second-order valence-electron chi connectivity index (χ2n) is 9.81. The van der Waals surface area contributed by atoms with Crippen LogP contribution in [0.15, 0.2) is 18.3 Å². The average molecular weight is 593 g/mol. The fraction of sp³-hybridized carbons (Fsp3) is 0.480. The summed E-state index contributed by atoms with van der Waals surface area (Å²) in [4.78, 5) is 31.4. The average Bonchev–Trinajstić information content (AvgIpc) is 3.43. The lowest BCUT2D eigenvalue weighted by Gasteiger charge is -2.34. The van der Waals surface area contributed by atoms with Crippen LogP contribution in [0.4, 0.5) is 22.0 Å². The molecule has 0 radical (unpaired) electrons. The zero-order valence-corrected chi connectivity index (χ0v) is 22.3. The third-order valence-corrected chi connectivity index (χ3v) is 8.29. The number of amides is 1. The quantitative estimate of drug-likeness (QED) is 0.411. The maximum atomic E-state index is 15.0. The second-order valence-corrected chi connectivity index (χ2v) is 10.9. The zero-order chi connectivity index (χ0) is 27.2. The maximum absolute atomic E-state index is 15.0. The normalized spacial score (nSPS) is 16.8. The van der Waals surface area contributed by atoms with Gasteiger partial charge in [0.05, 0.1) is 25.2 Å². The van der Waals surface area contributed by atoms with Crippen molar-refractivity contribution in [3.63, 3.8) is 0 Å². The van der Waals surface area contributed by atoms with Gasteiger partial charge in [0.25, 0.3) is 0 Å². The highest BCUT2D eigenvalue weighted by atomic mass is 35.5. The Morgan fingerprint density at radius 2 is 1.85 bits per heavy atom. The molecule has 2 aromatic heterocycles. The number of carbonyl (C=O) groups is 2. The van der Waals surface area contributed by atoms with Crippen molar-refractivity contribution in [2.24, 2.45) is 5.92 Å². The van der Waals surface area contributed by atoms with Crippen molar-refractivity contribution in [1.29, 1.82) is 0 Å². The molecule has 0 atom stereocenters. The molecule has 7 nitrogen and oxygen atoms in total. The monoisotopic (exact) mass is 592 g/mol. The van der Waals surface area contributed by atoms with Crippen LogP contribution in [0.5, 0.6) is 0 Å². The molecule has 5 rings (SSSR count). The Labute approximate surface area is 230 Å². The summed E-state index contributed by atoms with van der Waals surface area (Å²) >= 11 is 0.463. The first-order valence-electron chi connectivity index (χ1n) is 12.2. The van der Waals surface area contributed by atoms with Gasteiger partial charge in [-0.05, 0) is 49.9 Å². The summed E-state index contributed by atoms with van der Waals surface area (Å²) in [6.45, 7) is 1.74. The van der Waals surface area contributed by atoms with E-state index in [1.165, 1.54) is 10.6 Å². The van der Waals surface area contributed by atoms with Crippen molar-refractivity contribution in [3.8, 4) is 0 Å². The van der Waals surface area contributed by atoms with E-state index in [1.807, 2.05) is 4.90 Å². The molecule has 0 spiro atoms. The number of fused-ring (bicyclic) bond motifs is 3. The van der Waals surface area contributed by atoms with Crippen LogP contribution in [0, 0.1) is 17.6 Å². The van der Waals surface area contributed by atoms with Crippen LogP contribution in [0.2, 0.25) is 0 Å². The first kappa shape index (κ1) is 29.2. The predicted octanol–water partition coefficient (Wildman–Crippen LogP) is 4.94. The van der Waals surface area contributed by atoms with Crippen molar-refractivity contribution in [3.05, 3.63) is 51.1 Å². The van der Waals surface area contributed by atoms with Gasteiger partial charge in [-0.25, -0.2) is 13.8 Å². The van der Waals surface area contributed by atoms with E-state index < -0.39 is 28.8 Å². The molecule has 1 fully saturated rings. The summed E-state index contributed by atoms with van der Waals surface area (Å²) in [5, 5.41) is 8.34. The Balaban J connectivity index is 0.00000353. The van der Waals surface area contributed by atoms with Crippen molar-refractivity contribution in [2.45, 2.75) is 44.9 Å². The standard InChI is InChI=1S/C25H25F5N4O3S.ClH/c26-15-8-18-17-3-6-33(21(35)13-32-4-1-14(2-5-32)7-22(36)37)12-20(17)34(23(18)19(27)9-15)11-16-10-31-24(38-16)25(28,29)30;/h8-10,14H,1-7,11-13H2,(H,36,37);1H. The Hall–Kier alpha value is -2.77. The minimum Gasteiger partial charge on any atom is -0.481 e. The van der Waals surface area contributed by atoms with E-state index >= 15 is 0 Å². The van der Waals surface area contributed by atoms with Crippen molar-refractivity contribution in [2.75, 3.05) is 26.2 Å². The molecule has 0 unspecified atom stereocenters. The van der Waals surface area contributed by atoms with Crippen LogP contribution in [-0.2, 0) is 35.3 Å². The van der Waals surface area contributed by atoms with Gasteiger partial charge >= 0.3 is 12.1 Å². The van der Waals surface area contributed by atoms with Crippen molar-refractivity contribution < 1.29 is 36.6 Å². The molecule has 39 heavy (non-hydrogen) atoms. The number of carboxylic acid groups (broad SMARTS) is 1. The number of hydrogen-bond acceptors (Lipinski definition) is 5. The van der Waals surface area contributed by atoms with Crippen LogP contribution in [-0.4, -0.2) is 62.5 Å². The Morgan fingerprint density at radius 3 is 2.49 bits per heavy atom. The van der Waals surface area contributed by atoms with Gasteiger partial charge in [0.15, 0.2) is 5.01 Å².